The third-order valence-electron chi connectivity index (χ3n) is 4.02. The van der Waals surface area contributed by atoms with Gasteiger partial charge in [0, 0.05) is 17.2 Å². The minimum absolute atomic E-state index is 0.345. The van der Waals surface area contributed by atoms with E-state index in [1.807, 2.05) is 0 Å². The number of methoxy groups -OCH3 is 2. The molecule has 6 nitrogen and oxygen atoms in total. The SMILES string of the molecule is COc1ccc(/C=C2/C(=O)N(C(=O)c3ccccc3)N=C2C)c(OC)c1. The van der Waals surface area contributed by atoms with Crippen molar-refractivity contribution in [3.8, 4) is 11.5 Å². The van der Waals surface area contributed by atoms with E-state index in [0.717, 1.165) is 5.01 Å². The standard InChI is InChI=1S/C20H18N2O4/c1-13-17(11-15-9-10-16(25-2)12-18(15)26-3)20(24)22(21-13)19(23)14-7-5-4-6-8-14/h4-12H,1-3H3/b17-11+. The Hall–Kier alpha value is -3.41. The summed E-state index contributed by atoms with van der Waals surface area (Å²) in [7, 11) is 3.11. The number of hydrogen-bond acceptors (Lipinski definition) is 5. The summed E-state index contributed by atoms with van der Waals surface area (Å²) in [6.07, 6.45) is 1.66. The Morgan fingerprint density at radius 1 is 1.08 bits per heavy atom. The lowest BCUT2D eigenvalue weighted by Crippen LogP contribution is -2.29. The van der Waals surface area contributed by atoms with Gasteiger partial charge in [-0.2, -0.15) is 10.1 Å². The van der Waals surface area contributed by atoms with Crippen molar-refractivity contribution in [2.24, 2.45) is 5.10 Å². The summed E-state index contributed by atoms with van der Waals surface area (Å²) >= 11 is 0. The quantitative estimate of drug-likeness (QED) is 0.627. The summed E-state index contributed by atoms with van der Waals surface area (Å²) in [5.41, 5.74) is 1.91. The molecule has 2 aromatic rings. The van der Waals surface area contributed by atoms with E-state index in [4.69, 9.17) is 9.47 Å². The van der Waals surface area contributed by atoms with E-state index < -0.39 is 11.8 Å². The predicted octanol–water partition coefficient (Wildman–Crippen LogP) is 3.15. The van der Waals surface area contributed by atoms with Crippen LogP contribution >= 0.6 is 0 Å². The molecule has 1 heterocycles. The first-order valence-corrected chi connectivity index (χ1v) is 7.98. The van der Waals surface area contributed by atoms with Gasteiger partial charge in [0.25, 0.3) is 11.8 Å². The van der Waals surface area contributed by atoms with E-state index in [-0.39, 0.29) is 0 Å². The Morgan fingerprint density at radius 3 is 2.46 bits per heavy atom. The van der Waals surface area contributed by atoms with Crippen molar-refractivity contribution in [2.45, 2.75) is 6.92 Å². The van der Waals surface area contributed by atoms with Crippen molar-refractivity contribution < 1.29 is 19.1 Å². The van der Waals surface area contributed by atoms with Gasteiger partial charge in [-0.15, -0.1) is 0 Å². The lowest BCUT2D eigenvalue weighted by molar-refractivity contribution is -0.123. The Labute approximate surface area is 151 Å². The number of nitrogens with zero attached hydrogens (tertiary/aromatic N) is 2. The maximum atomic E-state index is 12.7. The minimum atomic E-state index is -0.464. The van der Waals surface area contributed by atoms with E-state index in [2.05, 4.69) is 5.10 Å². The summed E-state index contributed by atoms with van der Waals surface area (Å²) in [6, 6.07) is 13.9. The zero-order chi connectivity index (χ0) is 18.7. The molecule has 0 spiro atoms. The first kappa shape index (κ1) is 17.4. The fourth-order valence-corrected chi connectivity index (χ4v) is 2.62. The molecule has 0 saturated heterocycles. The van der Waals surface area contributed by atoms with Crippen LogP contribution in [0.4, 0.5) is 0 Å². The fraction of sp³-hybridized carbons (Fsp3) is 0.150. The molecule has 0 fully saturated rings. The van der Waals surface area contributed by atoms with E-state index in [0.29, 0.717) is 33.9 Å². The zero-order valence-electron chi connectivity index (χ0n) is 14.7. The van der Waals surface area contributed by atoms with Gasteiger partial charge < -0.3 is 9.47 Å². The molecule has 1 aliphatic rings. The van der Waals surface area contributed by atoms with Gasteiger partial charge in [-0.05, 0) is 37.3 Å². The van der Waals surface area contributed by atoms with Crippen molar-refractivity contribution in [1.82, 2.24) is 5.01 Å². The average molecular weight is 350 g/mol. The van der Waals surface area contributed by atoms with Gasteiger partial charge in [-0.3, -0.25) is 9.59 Å². The second kappa shape index (κ2) is 7.23. The van der Waals surface area contributed by atoms with Gasteiger partial charge in [0.1, 0.15) is 11.5 Å². The predicted molar refractivity (Wildman–Crippen MR) is 98.3 cm³/mol. The number of imide groups is 1. The van der Waals surface area contributed by atoms with Gasteiger partial charge in [-0.1, -0.05) is 18.2 Å². The summed E-state index contributed by atoms with van der Waals surface area (Å²) < 4.78 is 10.5. The minimum Gasteiger partial charge on any atom is -0.497 e. The largest absolute Gasteiger partial charge is 0.497 e. The maximum absolute atomic E-state index is 12.7. The number of carbonyl (C=O) groups excluding carboxylic acids is 2. The lowest BCUT2D eigenvalue weighted by atomic mass is 10.1. The molecule has 26 heavy (non-hydrogen) atoms. The number of benzene rings is 2. The first-order valence-electron chi connectivity index (χ1n) is 7.98. The molecule has 2 aromatic carbocycles. The van der Waals surface area contributed by atoms with Crippen LogP contribution in [0.5, 0.6) is 11.5 Å². The van der Waals surface area contributed by atoms with Gasteiger partial charge in [0.05, 0.1) is 25.5 Å². The number of carbonyl (C=O) groups is 2. The molecule has 0 N–H and O–H groups in total. The molecule has 0 atom stereocenters. The maximum Gasteiger partial charge on any atom is 0.283 e. The fourth-order valence-electron chi connectivity index (χ4n) is 2.62. The van der Waals surface area contributed by atoms with E-state index in [1.54, 1.807) is 75.8 Å². The average Bonchev–Trinajstić information content (AvgIpc) is 2.96. The Bertz CT molecular complexity index is 917. The topological polar surface area (TPSA) is 68.2 Å². The summed E-state index contributed by atoms with van der Waals surface area (Å²) in [6.45, 7) is 1.69. The number of rotatable bonds is 4. The highest BCUT2D eigenvalue weighted by Gasteiger charge is 2.33. The van der Waals surface area contributed by atoms with E-state index in [1.165, 1.54) is 0 Å². The number of amides is 2. The summed E-state index contributed by atoms with van der Waals surface area (Å²) in [5, 5.41) is 5.03. The van der Waals surface area contributed by atoms with Gasteiger partial charge in [-0.25, -0.2) is 0 Å². The van der Waals surface area contributed by atoms with Crippen molar-refractivity contribution in [3.05, 3.63) is 65.2 Å². The smallest absolute Gasteiger partial charge is 0.283 e. The molecule has 0 radical (unpaired) electrons. The lowest BCUT2D eigenvalue weighted by Gasteiger charge is -2.10. The highest BCUT2D eigenvalue weighted by atomic mass is 16.5. The van der Waals surface area contributed by atoms with Crippen molar-refractivity contribution >= 4 is 23.6 Å². The van der Waals surface area contributed by atoms with Crippen LogP contribution in [0.3, 0.4) is 0 Å². The molecule has 2 amide bonds. The monoisotopic (exact) mass is 350 g/mol. The van der Waals surface area contributed by atoms with Crippen molar-refractivity contribution in [3.63, 3.8) is 0 Å². The molecule has 0 unspecified atom stereocenters. The molecule has 0 aromatic heterocycles. The van der Waals surface area contributed by atoms with E-state index >= 15 is 0 Å². The molecule has 3 rings (SSSR count). The van der Waals surface area contributed by atoms with Crippen molar-refractivity contribution in [2.75, 3.05) is 14.2 Å². The number of hydrogen-bond donors (Lipinski definition) is 0. The van der Waals surface area contributed by atoms with Crippen LogP contribution in [0.15, 0.2) is 59.2 Å². The molecular formula is C20H18N2O4. The second-order valence-corrected chi connectivity index (χ2v) is 5.64. The van der Waals surface area contributed by atoms with Crippen LogP contribution in [0.2, 0.25) is 0 Å². The first-order chi connectivity index (χ1) is 12.5. The molecule has 0 bridgehead atoms. The summed E-state index contributed by atoms with van der Waals surface area (Å²) in [5.74, 6) is 0.285. The van der Waals surface area contributed by atoms with Crippen LogP contribution < -0.4 is 9.47 Å². The van der Waals surface area contributed by atoms with Crippen LogP contribution in [-0.4, -0.2) is 36.8 Å². The van der Waals surface area contributed by atoms with Gasteiger partial charge >= 0.3 is 0 Å². The number of ether oxygens (including phenoxy) is 2. The molecule has 6 heteroatoms. The molecular weight excluding hydrogens is 332 g/mol. The van der Waals surface area contributed by atoms with Crippen LogP contribution in [0.1, 0.15) is 22.8 Å². The molecule has 0 aliphatic carbocycles. The highest BCUT2D eigenvalue weighted by Crippen LogP contribution is 2.28. The van der Waals surface area contributed by atoms with Crippen LogP contribution in [-0.2, 0) is 4.79 Å². The van der Waals surface area contributed by atoms with E-state index in [9.17, 15) is 9.59 Å². The Balaban J connectivity index is 1.93. The third-order valence-corrected chi connectivity index (χ3v) is 4.02. The Kier molecular flexibility index (Phi) is 4.84. The van der Waals surface area contributed by atoms with Crippen molar-refractivity contribution in [1.29, 1.82) is 0 Å². The normalized spacial score (nSPS) is 15.2. The summed E-state index contributed by atoms with van der Waals surface area (Å²) in [4.78, 5) is 25.3. The Morgan fingerprint density at radius 2 is 1.81 bits per heavy atom. The van der Waals surface area contributed by atoms with Gasteiger partial charge in [0.15, 0.2) is 0 Å². The van der Waals surface area contributed by atoms with Crippen LogP contribution in [0.25, 0.3) is 6.08 Å². The molecule has 132 valence electrons. The molecule has 1 aliphatic heterocycles. The molecule has 0 saturated carbocycles. The van der Waals surface area contributed by atoms with Gasteiger partial charge in [0.2, 0.25) is 0 Å². The highest BCUT2D eigenvalue weighted by molar-refractivity contribution is 6.30. The zero-order valence-corrected chi connectivity index (χ0v) is 14.7. The number of hydrazone groups is 1. The van der Waals surface area contributed by atoms with Crippen LogP contribution in [0, 0.1) is 0 Å². The second-order valence-electron chi connectivity index (χ2n) is 5.64. The third kappa shape index (κ3) is 3.21.